The Morgan fingerprint density at radius 1 is 1.12 bits per heavy atom. The van der Waals surface area contributed by atoms with Gasteiger partial charge >= 0.3 is 5.97 Å². The van der Waals surface area contributed by atoms with E-state index in [-0.39, 0.29) is 13.2 Å². The normalized spacial score (nSPS) is 18.0. The van der Waals surface area contributed by atoms with Gasteiger partial charge in [0.2, 0.25) is 0 Å². The van der Waals surface area contributed by atoms with Crippen molar-refractivity contribution in [2.75, 3.05) is 24.7 Å². The Balaban J connectivity index is 1.84. The fraction of sp³-hybridized carbons (Fsp3) is 0.222. The number of carbonyl (C=O) groups excluding carboxylic acids is 1. The number of ether oxygens (including phenoxy) is 2. The molecule has 1 N–H and O–H groups in total. The molecule has 2 aliphatic rings. The molecule has 2 aromatic rings. The molecule has 1 spiro atoms. The second kappa shape index (κ2) is 5.84. The predicted molar refractivity (Wildman–Crippen MR) is 90.5 cm³/mol. The maximum absolute atomic E-state index is 12.8. The summed E-state index contributed by atoms with van der Waals surface area (Å²) in [6.07, 6.45) is 0. The van der Waals surface area contributed by atoms with E-state index < -0.39 is 24.2 Å². The summed E-state index contributed by atoms with van der Waals surface area (Å²) in [6.45, 7) is 0.106. The van der Waals surface area contributed by atoms with E-state index in [0.717, 1.165) is 11.1 Å². The monoisotopic (exact) mass is 359 g/mol. The van der Waals surface area contributed by atoms with Crippen LogP contribution in [-0.4, -0.2) is 36.7 Å². The molecule has 0 atom stereocenters. The molecular weight excluding hydrogens is 346 g/mol. The minimum atomic E-state index is -1.55. The van der Waals surface area contributed by atoms with Crippen molar-refractivity contribution in [1.82, 2.24) is 0 Å². The van der Waals surface area contributed by atoms with Crippen LogP contribution in [0.2, 0.25) is 5.02 Å². The summed E-state index contributed by atoms with van der Waals surface area (Å²) in [4.78, 5) is 25.1. The number of amides is 1. The number of benzene rings is 2. The topological polar surface area (TPSA) is 76.1 Å². The minimum Gasteiger partial charge on any atom is -0.480 e. The van der Waals surface area contributed by atoms with E-state index in [1.807, 2.05) is 24.3 Å². The fourth-order valence-electron chi connectivity index (χ4n) is 3.24. The summed E-state index contributed by atoms with van der Waals surface area (Å²) >= 11 is 5.93. The van der Waals surface area contributed by atoms with Gasteiger partial charge in [0.05, 0.1) is 18.9 Å². The zero-order valence-corrected chi connectivity index (χ0v) is 13.8. The van der Waals surface area contributed by atoms with Crippen LogP contribution >= 0.6 is 11.6 Å². The summed E-state index contributed by atoms with van der Waals surface area (Å²) in [6, 6.07) is 12.7. The lowest BCUT2D eigenvalue weighted by molar-refractivity contribution is -0.181. The van der Waals surface area contributed by atoms with Crippen LogP contribution in [0.25, 0.3) is 11.1 Å². The van der Waals surface area contributed by atoms with Crippen molar-refractivity contribution >= 4 is 29.2 Å². The van der Waals surface area contributed by atoms with Crippen molar-refractivity contribution in [3.05, 3.63) is 53.1 Å². The molecule has 0 aromatic heterocycles. The Hall–Kier alpha value is -2.41. The van der Waals surface area contributed by atoms with Gasteiger partial charge in [0.15, 0.2) is 0 Å². The molecule has 0 radical (unpaired) electrons. The number of carbonyl (C=O) groups is 2. The number of hydrogen-bond donors (Lipinski definition) is 1. The van der Waals surface area contributed by atoms with Gasteiger partial charge in [-0.1, -0.05) is 29.8 Å². The lowest BCUT2D eigenvalue weighted by Gasteiger charge is -2.21. The van der Waals surface area contributed by atoms with Gasteiger partial charge in [0.25, 0.3) is 11.7 Å². The van der Waals surface area contributed by atoms with Crippen LogP contribution in [0.3, 0.4) is 0 Å². The van der Waals surface area contributed by atoms with Crippen LogP contribution in [0.1, 0.15) is 5.56 Å². The summed E-state index contributed by atoms with van der Waals surface area (Å²) < 4.78 is 11.3. The number of halogens is 1. The van der Waals surface area contributed by atoms with E-state index in [0.29, 0.717) is 16.3 Å². The molecule has 0 bridgehead atoms. The summed E-state index contributed by atoms with van der Waals surface area (Å²) in [7, 11) is 0. The van der Waals surface area contributed by atoms with Crippen LogP contribution in [0.5, 0.6) is 0 Å². The van der Waals surface area contributed by atoms with E-state index >= 15 is 0 Å². The molecule has 1 saturated heterocycles. The third-order valence-corrected chi connectivity index (χ3v) is 4.59. The molecule has 0 saturated carbocycles. The van der Waals surface area contributed by atoms with E-state index in [1.165, 1.54) is 4.90 Å². The van der Waals surface area contributed by atoms with Gasteiger partial charge in [-0.25, -0.2) is 0 Å². The average molecular weight is 360 g/mol. The van der Waals surface area contributed by atoms with Crippen LogP contribution in [-0.2, 0) is 24.8 Å². The SMILES string of the molecule is O=C(O)CN1C(=O)C2(OCCO2)c2cc(-c3ccc(Cl)cc3)ccc21. The lowest BCUT2D eigenvalue weighted by Crippen LogP contribution is -2.43. The molecular formula is C18H14ClNO5. The molecule has 0 unspecified atom stereocenters. The summed E-state index contributed by atoms with van der Waals surface area (Å²) in [5.74, 6) is -3.15. The quantitative estimate of drug-likeness (QED) is 0.911. The highest BCUT2D eigenvalue weighted by Gasteiger charge is 2.56. The second-order valence-electron chi connectivity index (χ2n) is 5.84. The van der Waals surface area contributed by atoms with Crippen molar-refractivity contribution < 1.29 is 24.2 Å². The number of carboxylic acids is 1. The number of anilines is 1. The zero-order chi connectivity index (χ0) is 17.6. The highest BCUT2D eigenvalue weighted by atomic mass is 35.5. The van der Waals surface area contributed by atoms with Crippen molar-refractivity contribution in [2.24, 2.45) is 0 Å². The number of rotatable bonds is 3. The van der Waals surface area contributed by atoms with Crippen LogP contribution in [0.4, 0.5) is 5.69 Å². The second-order valence-corrected chi connectivity index (χ2v) is 6.27. The Labute approximate surface area is 148 Å². The van der Waals surface area contributed by atoms with Gasteiger partial charge < -0.3 is 14.6 Å². The smallest absolute Gasteiger partial charge is 0.323 e. The van der Waals surface area contributed by atoms with Crippen molar-refractivity contribution in [2.45, 2.75) is 5.79 Å². The maximum Gasteiger partial charge on any atom is 0.323 e. The standard InChI is InChI=1S/C18H14ClNO5/c19-13-4-1-11(2-5-13)12-3-6-15-14(9-12)18(24-7-8-25-18)17(23)20(15)10-16(21)22/h1-6,9H,7-8,10H2,(H,21,22). The first kappa shape index (κ1) is 16.1. The van der Waals surface area contributed by atoms with Gasteiger partial charge in [0.1, 0.15) is 6.54 Å². The van der Waals surface area contributed by atoms with Gasteiger partial charge in [0, 0.05) is 10.6 Å². The summed E-state index contributed by atoms with van der Waals surface area (Å²) in [5.41, 5.74) is 2.80. The van der Waals surface area contributed by atoms with Crippen LogP contribution in [0.15, 0.2) is 42.5 Å². The first-order chi connectivity index (χ1) is 12.0. The molecule has 0 aliphatic carbocycles. The van der Waals surface area contributed by atoms with E-state index in [2.05, 4.69) is 0 Å². The highest BCUT2D eigenvalue weighted by Crippen LogP contribution is 2.47. The first-order valence-corrected chi connectivity index (χ1v) is 8.11. The third kappa shape index (κ3) is 2.50. The van der Waals surface area contributed by atoms with Gasteiger partial charge in [-0.15, -0.1) is 0 Å². The van der Waals surface area contributed by atoms with E-state index in [9.17, 15) is 9.59 Å². The molecule has 128 valence electrons. The molecule has 2 aliphatic heterocycles. The van der Waals surface area contributed by atoms with Crippen molar-refractivity contribution in [3.8, 4) is 11.1 Å². The van der Waals surface area contributed by atoms with Crippen LogP contribution < -0.4 is 4.90 Å². The molecule has 7 heteroatoms. The lowest BCUT2D eigenvalue weighted by atomic mass is 9.99. The van der Waals surface area contributed by atoms with Gasteiger partial charge in [-0.05, 0) is 35.4 Å². The molecule has 4 rings (SSSR count). The molecule has 1 fully saturated rings. The number of fused-ring (bicyclic) bond motifs is 2. The minimum absolute atomic E-state index is 0.275. The van der Waals surface area contributed by atoms with Crippen molar-refractivity contribution in [3.63, 3.8) is 0 Å². The maximum atomic E-state index is 12.8. The van der Waals surface area contributed by atoms with Gasteiger partial charge in [-0.3, -0.25) is 14.5 Å². The van der Waals surface area contributed by atoms with Crippen molar-refractivity contribution in [1.29, 1.82) is 0 Å². The molecule has 25 heavy (non-hydrogen) atoms. The summed E-state index contributed by atoms with van der Waals surface area (Å²) in [5, 5.41) is 9.75. The zero-order valence-electron chi connectivity index (χ0n) is 13.1. The molecule has 2 aromatic carbocycles. The Bertz CT molecular complexity index is 858. The molecule has 2 heterocycles. The largest absolute Gasteiger partial charge is 0.480 e. The number of aliphatic carboxylic acids is 1. The Kier molecular flexibility index (Phi) is 3.76. The number of hydrogen-bond acceptors (Lipinski definition) is 4. The highest BCUT2D eigenvalue weighted by molar-refractivity contribution is 6.30. The average Bonchev–Trinajstić information content (AvgIpc) is 3.17. The van der Waals surface area contributed by atoms with E-state index in [4.69, 9.17) is 26.2 Å². The predicted octanol–water partition coefficient (Wildman–Crippen LogP) is 2.64. The van der Waals surface area contributed by atoms with Crippen LogP contribution in [0, 0.1) is 0 Å². The Morgan fingerprint density at radius 3 is 2.40 bits per heavy atom. The Morgan fingerprint density at radius 2 is 1.76 bits per heavy atom. The van der Waals surface area contributed by atoms with E-state index in [1.54, 1.807) is 18.2 Å². The third-order valence-electron chi connectivity index (χ3n) is 4.33. The molecule has 6 nitrogen and oxygen atoms in total. The number of carboxylic acid groups (broad SMARTS) is 1. The fourth-order valence-corrected chi connectivity index (χ4v) is 3.37. The van der Waals surface area contributed by atoms with Gasteiger partial charge in [-0.2, -0.15) is 0 Å². The molecule has 1 amide bonds. The number of nitrogens with zero attached hydrogens (tertiary/aromatic N) is 1. The first-order valence-electron chi connectivity index (χ1n) is 7.73.